The number of hydrogen-bond acceptors (Lipinski definition) is 4. The first-order chi connectivity index (χ1) is 16.8. The van der Waals surface area contributed by atoms with Crippen LogP contribution in [-0.2, 0) is 6.54 Å². The van der Waals surface area contributed by atoms with Gasteiger partial charge in [-0.3, -0.25) is 0 Å². The van der Waals surface area contributed by atoms with E-state index >= 15 is 0 Å². The average Bonchev–Trinajstić information content (AvgIpc) is 3.64. The van der Waals surface area contributed by atoms with Crippen LogP contribution in [0.2, 0.25) is 0 Å². The van der Waals surface area contributed by atoms with Gasteiger partial charge in [0, 0.05) is 22.7 Å². The Balaban J connectivity index is 0.00000133. The van der Waals surface area contributed by atoms with Gasteiger partial charge in [-0.15, -0.1) is 12.8 Å². The molecule has 0 unspecified atom stereocenters. The highest BCUT2D eigenvalue weighted by Crippen LogP contribution is 2.30. The zero-order valence-electron chi connectivity index (χ0n) is 19.5. The molecule has 34 heavy (non-hydrogen) atoms. The number of hydrogen-bond donors (Lipinski definition) is 4. The molecule has 1 aliphatic heterocycles. The van der Waals surface area contributed by atoms with Crippen LogP contribution in [0.15, 0.2) is 48.8 Å². The highest BCUT2D eigenvalue weighted by Gasteiger charge is 2.21. The normalized spacial score (nSPS) is 14.9. The Morgan fingerprint density at radius 1 is 1.12 bits per heavy atom. The molecule has 3 heterocycles. The summed E-state index contributed by atoms with van der Waals surface area (Å²) in [6.45, 7) is 4.96. The predicted octanol–water partition coefficient (Wildman–Crippen LogP) is 4.53. The van der Waals surface area contributed by atoms with Gasteiger partial charge < -0.3 is 20.6 Å². The van der Waals surface area contributed by atoms with E-state index in [1.54, 1.807) is 6.33 Å². The van der Waals surface area contributed by atoms with Crippen LogP contribution < -0.4 is 10.6 Å². The highest BCUT2D eigenvalue weighted by atomic mass is 15.0. The van der Waals surface area contributed by atoms with Crippen molar-refractivity contribution in [2.45, 2.75) is 38.8 Å². The van der Waals surface area contributed by atoms with Crippen molar-refractivity contribution in [2.24, 2.45) is 0 Å². The maximum absolute atomic E-state index is 4.64. The van der Waals surface area contributed by atoms with E-state index in [0.29, 0.717) is 6.04 Å². The molecule has 0 spiro atoms. The fourth-order valence-electron chi connectivity index (χ4n) is 4.23. The van der Waals surface area contributed by atoms with Gasteiger partial charge in [0.05, 0.1) is 35.3 Å². The minimum Gasteiger partial charge on any atom is -0.347 e. The summed E-state index contributed by atoms with van der Waals surface area (Å²) < 4.78 is 0. The molecule has 1 aliphatic rings. The van der Waals surface area contributed by atoms with Crippen LogP contribution in [0.3, 0.4) is 0 Å². The number of nitrogens with zero attached hydrogens (tertiary/aromatic N) is 2. The largest absolute Gasteiger partial charge is 0.347 e. The summed E-state index contributed by atoms with van der Waals surface area (Å²) >= 11 is 0. The van der Waals surface area contributed by atoms with Gasteiger partial charge in [0.2, 0.25) is 0 Å². The van der Waals surface area contributed by atoms with Gasteiger partial charge in [0.25, 0.3) is 0 Å². The molecule has 1 fully saturated rings. The molecule has 5 rings (SSSR count). The Kier molecular flexibility index (Phi) is 7.78. The minimum atomic E-state index is 0.352. The van der Waals surface area contributed by atoms with E-state index in [4.69, 9.17) is 0 Å². The van der Waals surface area contributed by atoms with Gasteiger partial charge in [-0.2, -0.15) is 0 Å². The second kappa shape index (κ2) is 11.3. The van der Waals surface area contributed by atoms with Crippen molar-refractivity contribution >= 4 is 11.0 Å². The lowest BCUT2D eigenvalue weighted by atomic mass is 10.0. The fraction of sp³-hybridized carbons (Fsp3) is 0.286. The zero-order chi connectivity index (χ0) is 23.8. The summed E-state index contributed by atoms with van der Waals surface area (Å²) in [5.41, 5.74) is 7.20. The summed E-state index contributed by atoms with van der Waals surface area (Å²) in [4.78, 5) is 16.0. The summed E-state index contributed by atoms with van der Waals surface area (Å²) in [5, 5.41) is 6.93. The summed E-state index contributed by atoms with van der Waals surface area (Å²) in [7, 11) is 0. The maximum Gasteiger partial charge on any atom is 0.121 e. The monoisotopic (exact) mass is 450 g/mol. The third-order valence-electron chi connectivity index (χ3n) is 5.81. The molecule has 6 nitrogen and oxygen atoms in total. The minimum absolute atomic E-state index is 0.352. The van der Waals surface area contributed by atoms with Crippen LogP contribution in [-0.4, -0.2) is 33.0 Å². The van der Waals surface area contributed by atoms with E-state index in [-0.39, 0.29) is 0 Å². The number of terminal acetylenes is 1. The Bertz CT molecular complexity index is 1310. The molecule has 0 aliphatic carbocycles. The first-order valence-corrected chi connectivity index (χ1v) is 11.7. The van der Waals surface area contributed by atoms with Crippen molar-refractivity contribution < 1.29 is 0 Å². The lowest BCUT2D eigenvalue weighted by Crippen LogP contribution is -2.14. The van der Waals surface area contributed by atoms with E-state index in [0.717, 1.165) is 71.7 Å². The van der Waals surface area contributed by atoms with Crippen molar-refractivity contribution in [2.75, 3.05) is 13.1 Å². The second-order valence-corrected chi connectivity index (χ2v) is 8.24. The van der Waals surface area contributed by atoms with Crippen LogP contribution in [0.25, 0.3) is 22.3 Å². The van der Waals surface area contributed by atoms with Crippen molar-refractivity contribution in [1.29, 1.82) is 0 Å². The SMILES string of the molecule is C#C.CCCNCc1nc2ccc(C#Cc3cccc(-c4nc[nH]c4[C@@H]4CCCN4)c3)cc2[nH]1. The molecule has 0 amide bonds. The second-order valence-electron chi connectivity index (χ2n) is 8.24. The number of nitrogens with one attached hydrogen (secondary N) is 4. The molecule has 1 saturated heterocycles. The number of aromatic amines is 2. The van der Waals surface area contributed by atoms with Gasteiger partial charge in [-0.1, -0.05) is 30.9 Å². The third-order valence-corrected chi connectivity index (χ3v) is 5.81. The van der Waals surface area contributed by atoms with Gasteiger partial charge in [0.15, 0.2) is 0 Å². The number of benzene rings is 2. The number of rotatable bonds is 6. The lowest BCUT2D eigenvalue weighted by molar-refractivity contribution is 0.633. The van der Waals surface area contributed by atoms with E-state index in [9.17, 15) is 0 Å². The summed E-state index contributed by atoms with van der Waals surface area (Å²) in [6.07, 6.45) is 13.2. The molecule has 0 radical (unpaired) electrons. The molecule has 4 N–H and O–H groups in total. The molecule has 0 bridgehead atoms. The van der Waals surface area contributed by atoms with E-state index in [1.165, 1.54) is 12.1 Å². The topological polar surface area (TPSA) is 81.4 Å². The van der Waals surface area contributed by atoms with Crippen LogP contribution in [0.4, 0.5) is 0 Å². The molecule has 2 aromatic heterocycles. The van der Waals surface area contributed by atoms with Crippen LogP contribution >= 0.6 is 0 Å². The lowest BCUT2D eigenvalue weighted by Gasteiger charge is -2.10. The van der Waals surface area contributed by atoms with E-state index in [2.05, 4.69) is 80.4 Å². The predicted molar refractivity (Wildman–Crippen MR) is 138 cm³/mol. The van der Waals surface area contributed by atoms with Crippen LogP contribution in [0.5, 0.6) is 0 Å². The molecular formula is C28H30N6. The van der Waals surface area contributed by atoms with Gasteiger partial charge >= 0.3 is 0 Å². The summed E-state index contributed by atoms with van der Waals surface area (Å²) in [6, 6.07) is 14.8. The molecular weight excluding hydrogens is 420 g/mol. The van der Waals surface area contributed by atoms with Crippen LogP contribution in [0, 0.1) is 24.7 Å². The Morgan fingerprint density at radius 3 is 2.76 bits per heavy atom. The number of imidazole rings is 2. The molecule has 1 atom stereocenters. The summed E-state index contributed by atoms with van der Waals surface area (Å²) in [5.74, 6) is 7.57. The van der Waals surface area contributed by atoms with Gasteiger partial charge in [-0.25, -0.2) is 9.97 Å². The third kappa shape index (κ3) is 5.38. The molecule has 4 aromatic rings. The van der Waals surface area contributed by atoms with Crippen molar-refractivity contribution in [3.63, 3.8) is 0 Å². The van der Waals surface area contributed by atoms with Crippen molar-refractivity contribution in [3.05, 3.63) is 71.4 Å². The molecule has 172 valence electrons. The zero-order valence-corrected chi connectivity index (χ0v) is 19.5. The van der Waals surface area contributed by atoms with E-state index in [1.807, 2.05) is 24.3 Å². The Labute approximate surface area is 201 Å². The van der Waals surface area contributed by atoms with Crippen LogP contribution in [0.1, 0.15) is 54.9 Å². The van der Waals surface area contributed by atoms with E-state index < -0.39 is 0 Å². The van der Waals surface area contributed by atoms with Gasteiger partial charge in [-0.05, 0) is 62.7 Å². The standard InChI is InChI=1S/C26H28N6.C2H2/c1-2-12-27-16-24-31-21-11-10-19(15-23(21)32-24)9-8-18-5-3-6-20(14-18)25-26(30-17-29-25)22-7-4-13-28-22;1-2/h3,5-6,10-11,14-15,17,22,27-28H,2,4,7,12-13,16H2,1H3,(H,29,30)(H,31,32);1-2H/t22-;/m0./s1. The average molecular weight is 451 g/mol. The maximum atomic E-state index is 4.64. The smallest absolute Gasteiger partial charge is 0.121 e. The number of aromatic nitrogens is 4. The fourth-order valence-corrected chi connectivity index (χ4v) is 4.23. The Morgan fingerprint density at radius 2 is 1.97 bits per heavy atom. The number of H-pyrrole nitrogens is 2. The molecule has 6 heteroatoms. The molecule has 2 aromatic carbocycles. The van der Waals surface area contributed by atoms with Gasteiger partial charge in [0.1, 0.15) is 5.82 Å². The van der Waals surface area contributed by atoms with Crippen molar-refractivity contribution in [3.8, 4) is 35.9 Å². The molecule has 0 saturated carbocycles. The Hall–Kier alpha value is -3.84. The highest BCUT2D eigenvalue weighted by molar-refractivity contribution is 5.77. The first-order valence-electron chi connectivity index (χ1n) is 11.7. The van der Waals surface area contributed by atoms with Crippen molar-refractivity contribution in [1.82, 2.24) is 30.6 Å². The number of fused-ring (bicyclic) bond motifs is 1. The quantitative estimate of drug-likeness (QED) is 0.257. The first kappa shape index (κ1) is 23.3.